The van der Waals surface area contributed by atoms with Crippen LogP contribution in [0.3, 0.4) is 0 Å². The fourth-order valence-corrected chi connectivity index (χ4v) is 3.80. The molecule has 40 heavy (non-hydrogen) atoms. The zero-order valence-corrected chi connectivity index (χ0v) is 20.8. The van der Waals surface area contributed by atoms with E-state index in [2.05, 4.69) is 0 Å². The van der Waals surface area contributed by atoms with Crippen LogP contribution in [0.2, 0.25) is 0 Å². The number of fused-ring (bicyclic) bond motifs is 1. The van der Waals surface area contributed by atoms with E-state index in [1.807, 2.05) is 48.5 Å². The van der Waals surface area contributed by atoms with E-state index in [1.54, 1.807) is 54.6 Å². The molecule has 1 aliphatic rings. The maximum absolute atomic E-state index is 11.2. The molecule has 0 amide bonds. The van der Waals surface area contributed by atoms with Crippen molar-refractivity contribution in [2.45, 2.75) is 5.92 Å². The summed E-state index contributed by atoms with van der Waals surface area (Å²) in [4.78, 5) is 25.1. The molecule has 0 unspecified atom stereocenters. The van der Waals surface area contributed by atoms with Crippen molar-refractivity contribution in [2.75, 3.05) is 0 Å². The van der Waals surface area contributed by atoms with Gasteiger partial charge in [-0.25, -0.2) is 0 Å². The lowest BCUT2D eigenvalue weighted by molar-refractivity contribution is -0.110. The highest BCUT2D eigenvalue weighted by molar-refractivity contribution is 6.49. The van der Waals surface area contributed by atoms with Gasteiger partial charge >= 0.3 is 0 Å². The van der Waals surface area contributed by atoms with Crippen LogP contribution in [0.5, 0.6) is 17.2 Å². The molecule has 0 radical (unpaired) electrons. The highest BCUT2D eigenvalue weighted by atomic mass is 16.3. The molecule has 5 rings (SSSR count). The van der Waals surface area contributed by atoms with E-state index in [9.17, 15) is 24.9 Å². The van der Waals surface area contributed by atoms with E-state index in [0.717, 1.165) is 22.3 Å². The molecule has 0 saturated carbocycles. The van der Waals surface area contributed by atoms with Crippen molar-refractivity contribution in [3.63, 3.8) is 0 Å². The van der Waals surface area contributed by atoms with Gasteiger partial charge in [0.2, 0.25) is 11.6 Å². The number of aromatic hydroxyl groups is 3. The standard InChI is InChI=1S/C19H16O3.C10H6O2.2N3/c20-16-7-1-13(2-8-16)19(14-3-9-17(21)10-4-14)15-5-11-18(22)12-6-15;11-9-6-5-7-3-1-2-4-8(7)10(9)12;2*1-3-2/h1-12,19-22H;1-6H;;/q;;2*-1. The molecule has 11 nitrogen and oxygen atoms in total. The molecule has 0 fully saturated rings. The molecule has 4 aromatic rings. The van der Waals surface area contributed by atoms with E-state index in [1.165, 1.54) is 15.9 Å². The largest absolute Gasteiger partial charge is 0.508 e. The topological polar surface area (TPSA) is 212 Å². The Hall–Kier alpha value is -6.02. The van der Waals surface area contributed by atoms with Crippen LogP contribution >= 0.6 is 0 Å². The van der Waals surface area contributed by atoms with Crippen LogP contribution in [0.4, 0.5) is 0 Å². The minimum atomic E-state index is -0.436. The summed E-state index contributed by atoms with van der Waals surface area (Å²) in [6, 6.07) is 28.3. The zero-order valence-electron chi connectivity index (χ0n) is 20.8. The van der Waals surface area contributed by atoms with E-state index in [4.69, 9.17) is 22.1 Å². The molecule has 0 aliphatic heterocycles. The zero-order chi connectivity index (χ0) is 29.5. The number of benzene rings is 4. The predicted octanol–water partition coefficient (Wildman–Crippen LogP) is 7.18. The average molecular weight is 535 g/mol. The number of hydrogen-bond acceptors (Lipinski definition) is 5. The SMILES string of the molecule is O=C1C=Cc2ccccc2C1=O.Oc1ccc(C(c2ccc(O)cc2)c2ccc(O)cc2)cc1.[N-]=[N+]=[N-].[N-]=[N+]=[N-]. The molecule has 0 atom stereocenters. The second-order valence-electron chi connectivity index (χ2n) is 8.00. The lowest BCUT2D eigenvalue weighted by Crippen LogP contribution is -2.15. The molecular formula is C29H22N6O5-2. The summed E-state index contributed by atoms with van der Waals surface area (Å²) in [5.74, 6) is -0.222. The fraction of sp³-hybridized carbons (Fsp3) is 0.0345. The Bertz CT molecular complexity index is 1420. The van der Waals surface area contributed by atoms with Crippen LogP contribution in [-0.4, -0.2) is 26.9 Å². The molecule has 1 aliphatic carbocycles. The van der Waals surface area contributed by atoms with Crippen LogP contribution in [0, 0.1) is 0 Å². The number of rotatable bonds is 3. The summed E-state index contributed by atoms with van der Waals surface area (Å²) in [5, 5.41) is 28.5. The number of hydrogen-bond donors (Lipinski definition) is 3. The summed E-state index contributed by atoms with van der Waals surface area (Å²) in [6.45, 7) is 0. The van der Waals surface area contributed by atoms with Crippen LogP contribution in [0.1, 0.15) is 38.5 Å². The lowest BCUT2D eigenvalue weighted by Gasteiger charge is -2.19. The highest BCUT2D eigenvalue weighted by Crippen LogP contribution is 2.34. The van der Waals surface area contributed by atoms with Gasteiger partial charge in [0.15, 0.2) is 0 Å². The minimum Gasteiger partial charge on any atom is -0.508 e. The van der Waals surface area contributed by atoms with Crippen molar-refractivity contribution in [1.29, 1.82) is 0 Å². The van der Waals surface area contributed by atoms with Crippen molar-refractivity contribution in [1.82, 2.24) is 0 Å². The average Bonchev–Trinajstić information content (AvgIpc) is 2.95. The first kappa shape index (κ1) is 30.2. The van der Waals surface area contributed by atoms with Gasteiger partial charge in [-0.2, -0.15) is 0 Å². The summed E-state index contributed by atoms with van der Waals surface area (Å²) in [5.41, 5.74) is 31.4. The van der Waals surface area contributed by atoms with Gasteiger partial charge in [-0.15, -0.1) is 0 Å². The lowest BCUT2D eigenvalue weighted by atomic mass is 9.85. The maximum Gasteiger partial charge on any atom is 0.233 e. The predicted molar refractivity (Wildman–Crippen MR) is 150 cm³/mol. The van der Waals surface area contributed by atoms with Gasteiger partial charge < -0.3 is 37.4 Å². The number of ketones is 2. The van der Waals surface area contributed by atoms with Crippen LogP contribution in [0.15, 0.2) is 103 Å². The van der Waals surface area contributed by atoms with Gasteiger partial charge in [0.25, 0.3) is 0 Å². The number of Topliss-reactive ketones (excluding diaryl/α,β-unsaturated/α-hetero) is 1. The van der Waals surface area contributed by atoms with Gasteiger partial charge in [0.1, 0.15) is 17.2 Å². The number of allylic oxidation sites excluding steroid dienone is 1. The minimum absolute atomic E-state index is 0.0400. The highest BCUT2D eigenvalue weighted by Gasteiger charge is 2.19. The number of phenolic OH excluding ortho intramolecular Hbond substituents is 3. The third kappa shape index (κ3) is 8.53. The van der Waals surface area contributed by atoms with Crippen LogP contribution in [-0.2, 0) is 4.79 Å². The number of nitrogens with zero attached hydrogens (tertiary/aromatic N) is 6. The van der Waals surface area contributed by atoms with Gasteiger partial charge in [-0.1, -0.05) is 66.7 Å². The van der Waals surface area contributed by atoms with E-state index in [0.29, 0.717) is 5.56 Å². The van der Waals surface area contributed by atoms with Gasteiger partial charge in [0.05, 0.1) is 0 Å². The molecule has 11 heteroatoms. The smallest absolute Gasteiger partial charge is 0.233 e. The van der Waals surface area contributed by atoms with Crippen LogP contribution < -0.4 is 0 Å². The quantitative estimate of drug-likeness (QED) is 0.0816. The first-order valence-corrected chi connectivity index (χ1v) is 11.4. The maximum atomic E-state index is 11.2. The Labute approximate surface area is 228 Å². The van der Waals surface area contributed by atoms with Crippen molar-refractivity contribution in [3.8, 4) is 17.2 Å². The molecule has 3 N–H and O–H groups in total. The molecular weight excluding hydrogens is 512 g/mol. The second-order valence-corrected chi connectivity index (χ2v) is 8.00. The number of carbonyl (C=O) groups is 2. The first-order chi connectivity index (χ1) is 19.2. The molecule has 0 aromatic heterocycles. The third-order valence-corrected chi connectivity index (χ3v) is 5.52. The Kier molecular flexibility index (Phi) is 11.5. The van der Waals surface area contributed by atoms with Crippen molar-refractivity contribution in [3.05, 3.63) is 163 Å². The Morgan fingerprint density at radius 2 is 0.875 bits per heavy atom. The van der Waals surface area contributed by atoms with Gasteiger partial charge in [-0.3, -0.25) is 19.4 Å². The van der Waals surface area contributed by atoms with E-state index < -0.39 is 11.6 Å². The van der Waals surface area contributed by atoms with Gasteiger partial charge in [-0.05, 0) is 64.7 Å². The molecule has 4 aromatic carbocycles. The molecule has 0 saturated heterocycles. The summed E-state index contributed by atoms with van der Waals surface area (Å²) in [6.07, 6.45) is 2.98. The molecule has 200 valence electrons. The van der Waals surface area contributed by atoms with Crippen LogP contribution in [0.25, 0.3) is 38.0 Å². The molecule has 0 heterocycles. The normalized spacial score (nSPS) is 10.7. The fourth-order valence-electron chi connectivity index (χ4n) is 3.80. The Morgan fingerprint density at radius 3 is 1.25 bits per heavy atom. The summed E-state index contributed by atoms with van der Waals surface area (Å²) < 4.78 is 0. The third-order valence-electron chi connectivity index (χ3n) is 5.52. The van der Waals surface area contributed by atoms with Crippen molar-refractivity contribution in [2.24, 2.45) is 0 Å². The van der Waals surface area contributed by atoms with E-state index in [-0.39, 0.29) is 23.2 Å². The van der Waals surface area contributed by atoms with Crippen molar-refractivity contribution >= 4 is 17.6 Å². The first-order valence-electron chi connectivity index (χ1n) is 11.4. The molecule has 0 bridgehead atoms. The number of carbonyl (C=O) groups excluding carboxylic acids is 2. The summed E-state index contributed by atoms with van der Waals surface area (Å²) in [7, 11) is 0. The number of phenols is 3. The Balaban J connectivity index is 0.000000260. The second kappa shape index (κ2) is 15.3. The Morgan fingerprint density at radius 1 is 0.525 bits per heavy atom. The van der Waals surface area contributed by atoms with E-state index >= 15 is 0 Å². The van der Waals surface area contributed by atoms with Gasteiger partial charge in [0, 0.05) is 11.5 Å². The summed E-state index contributed by atoms with van der Waals surface area (Å²) >= 11 is 0. The molecule has 0 spiro atoms. The monoisotopic (exact) mass is 534 g/mol. The van der Waals surface area contributed by atoms with Crippen molar-refractivity contribution < 1.29 is 24.9 Å².